The Morgan fingerprint density at radius 3 is 0.983 bits per heavy atom. The largest absolute Gasteiger partial charge is 0.462 e. The third kappa shape index (κ3) is 46.5. The maximum atomic E-state index is 12.8. The highest BCUT2D eigenvalue weighted by molar-refractivity contribution is 5.71. The second kappa shape index (κ2) is 48.3. The van der Waals surface area contributed by atoms with Crippen molar-refractivity contribution in [2.24, 2.45) is 0 Å². The Balaban J connectivity index is 4.35. The number of ether oxygens (including phenoxy) is 3. The molecule has 0 aromatic carbocycles. The molecule has 59 heavy (non-hydrogen) atoms. The zero-order valence-corrected chi connectivity index (χ0v) is 39.3. The van der Waals surface area contributed by atoms with Gasteiger partial charge in [0.1, 0.15) is 13.2 Å². The highest BCUT2D eigenvalue weighted by Gasteiger charge is 2.19. The lowest BCUT2D eigenvalue weighted by atomic mass is 10.1. The molecule has 0 bridgehead atoms. The molecule has 0 saturated carbocycles. The van der Waals surface area contributed by atoms with Gasteiger partial charge < -0.3 is 14.2 Å². The molecule has 0 aliphatic carbocycles. The number of hydrogen-bond acceptors (Lipinski definition) is 6. The van der Waals surface area contributed by atoms with E-state index in [0.29, 0.717) is 19.3 Å². The average molecular weight is 829 g/mol. The lowest BCUT2D eigenvalue weighted by Crippen LogP contribution is -2.30. The van der Waals surface area contributed by atoms with Crippen LogP contribution in [0.25, 0.3) is 0 Å². The Morgan fingerprint density at radius 2 is 0.610 bits per heavy atom. The van der Waals surface area contributed by atoms with Gasteiger partial charge in [-0.15, -0.1) is 0 Å². The molecular weight excluding hydrogens is 733 g/mol. The minimum atomic E-state index is -0.775. The second-order valence-electron chi connectivity index (χ2n) is 17.1. The van der Waals surface area contributed by atoms with Gasteiger partial charge in [0, 0.05) is 19.3 Å². The third-order valence-corrected chi connectivity index (χ3v) is 11.1. The van der Waals surface area contributed by atoms with Gasteiger partial charge in [-0.25, -0.2) is 0 Å². The molecule has 0 heterocycles. The molecule has 0 saturated heterocycles. The molecule has 0 rings (SSSR count). The van der Waals surface area contributed by atoms with Gasteiger partial charge in [-0.1, -0.05) is 205 Å². The molecule has 0 amide bonds. The summed E-state index contributed by atoms with van der Waals surface area (Å²) in [6.07, 6.45) is 55.5. The number of allylic oxidation sites excluding steroid dienone is 6. The van der Waals surface area contributed by atoms with E-state index in [1.165, 1.54) is 148 Å². The molecule has 1 unspecified atom stereocenters. The van der Waals surface area contributed by atoms with Gasteiger partial charge in [-0.3, -0.25) is 14.4 Å². The van der Waals surface area contributed by atoms with E-state index in [0.717, 1.165) is 77.0 Å². The molecule has 0 aliphatic rings. The summed E-state index contributed by atoms with van der Waals surface area (Å²) in [5.74, 6) is -0.886. The molecule has 6 heteroatoms. The standard InChI is InChI=1S/C53H96O6/c1-4-7-10-13-16-19-22-24-26-27-28-30-31-34-37-40-43-46-52(55)58-49-50(48-57-51(54)45-42-39-36-33-21-18-15-12-9-6-3)59-53(56)47-44-41-38-35-32-29-25-23-20-17-14-11-8-5-2/h16,19,23-26,50H,4-15,17-18,20-22,27-49H2,1-3H3/b19-16-,25-23-,26-24-. The van der Waals surface area contributed by atoms with Crippen LogP contribution < -0.4 is 0 Å². The predicted octanol–water partition coefficient (Wildman–Crippen LogP) is 16.5. The number of carbonyl (C=O) groups excluding carboxylic acids is 3. The van der Waals surface area contributed by atoms with Gasteiger partial charge in [-0.2, -0.15) is 0 Å². The van der Waals surface area contributed by atoms with Crippen molar-refractivity contribution in [3.63, 3.8) is 0 Å². The highest BCUT2D eigenvalue weighted by atomic mass is 16.6. The topological polar surface area (TPSA) is 78.9 Å². The van der Waals surface area contributed by atoms with Crippen LogP contribution >= 0.6 is 0 Å². The van der Waals surface area contributed by atoms with Crippen molar-refractivity contribution in [3.8, 4) is 0 Å². The molecule has 0 aliphatic heterocycles. The van der Waals surface area contributed by atoms with Crippen LogP contribution in [0.3, 0.4) is 0 Å². The fraction of sp³-hybridized carbons (Fsp3) is 0.830. The molecule has 344 valence electrons. The van der Waals surface area contributed by atoms with Crippen molar-refractivity contribution < 1.29 is 28.6 Å². The van der Waals surface area contributed by atoms with Crippen molar-refractivity contribution in [2.45, 2.75) is 271 Å². The van der Waals surface area contributed by atoms with Crippen molar-refractivity contribution in [1.29, 1.82) is 0 Å². The van der Waals surface area contributed by atoms with Gasteiger partial charge in [0.05, 0.1) is 0 Å². The van der Waals surface area contributed by atoms with Gasteiger partial charge in [0.15, 0.2) is 6.10 Å². The van der Waals surface area contributed by atoms with Gasteiger partial charge >= 0.3 is 17.9 Å². The summed E-state index contributed by atoms with van der Waals surface area (Å²) in [6, 6.07) is 0. The molecular formula is C53H96O6. The Hall–Kier alpha value is -2.37. The minimum Gasteiger partial charge on any atom is -0.462 e. The number of rotatable bonds is 46. The monoisotopic (exact) mass is 829 g/mol. The number of carbonyl (C=O) groups is 3. The maximum Gasteiger partial charge on any atom is 0.306 e. The maximum absolute atomic E-state index is 12.8. The number of hydrogen-bond donors (Lipinski definition) is 0. The van der Waals surface area contributed by atoms with E-state index in [2.05, 4.69) is 57.2 Å². The number of esters is 3. The van der Waals surface area contributed by atoms with Crippen LogP contribution in [0.5, 0.6) is 0 Å². The van der Waals surface area contributed by atoms with E-state index >= 15 is 0 Å². The zero-order valence-electron chi connectivity index (χ0n) is 39.3. The van der Waals surface area contributed by atoms with E-state index in [1.54, 1.807) is 0 Å². The summed E-state index contributed by atoms with van der Waals surface area (Å²) in [5, 5.41) is 0. The summed E-state index contributed by atoms with van der Waals surface area (Å²) < 4.78 is 16.8. The van der Waals surface area contributed by atoms with Crippen molar-refractivity contribution in [1.82, 2.24) is 0 Å². The fourth-order valence-electron chi connectivity index (χ4n) is 7.23. The van der Waals surface area contributed by atoms with Gasteiger partial charge in [0.2, 0.25) is 0 Å². The Labute approximate surface area is 365 Å². The first kappa shape index (κ1) is 56.6. The van der Waals surface area contributed by atoms with Crippen LogP contribution in [0.15, 0.2) is 36.5 Å². The molecule has 0 radical (unpaired) electrons. The summed E-state index contributed by atoms with van der Waals surface area (Å²) in [7, 11) is 0. The minimum absolute atomic E-state index is 0.0756. The normalized spacial score (nSPS) is 12.3. The summed E-state index contributed by atoms with van der Waals surface area (Å²) in [4.78, 5) is 37.9. The average Bonchev–Trinajstić information content (AvgIpc) is 3.23. The van der Waals surface area contributed by atoms with Crippen LogP contribution in [0.4, 0.5) is 0 Å². The lowest BCUT2D eigenvalue weighted by Gasteiger charge is -2.18. The Bertz CT molecular complexity index is 1000. The smallest absolute Gasteiger partial charge is 0.306 e. The Kier molecular flexibility index (Phi) is 46.4. The molecule has 0 N–H and O–H groups in total. The fourth-order valence-corrected chi connectivity index (χ4v) is 7.23. The van der Waals surface area contributed by atoms with Crippen LogP contribution in [0.2, 0.25) is 0 Å². The van der Waals surface area contributed by atoms with Crippen molar-refractivity contribution in [3.05, 3.63) is 36.5 Å². The van der Waals surface area contributed by atoms with Crippen LogP contribution in [0, 0.1) is 0 Å². The quantitative estimate of drug-likeness (QED) is 0.0263. The highest BCUT2D eigenvalue weighted by Crippen LogP contribution is 2.15. The van der Waals surface area contributed by atoms with Crippen LogP contribution in [0.1, 0.15) is 265 Å². The van der Waals surface area contributed by atoms with E-state index in [1.807, 2.05) is 0 Å². The van der Waals surface area contributed by atoms with E-state index in [-0.39, 0.29) is 31.1 Å². The molecule has 0 aromatic heterocycles. The molecule has 6 nitrogen and oxygen atoms in total. The van der Waals surface area contributed by atoms with Gasteiger partial charge in [-0.05, 0) is 77.0 Å². The van der Waals surface area contributed by atoms with E-state index in [9.17, 15) is 14.4 Å². The predicted molar refractivity (Wildman–Crippen MR) is 252 cm³/mol. The molecule has 0 spiro atoms. The molecule has 0 aromatic rings. The zero-order chi connectivity index (χ0) is 43.0. The Morgan fingerprint density at radius 1 is 0.339 bits per heavy atom. The molecule has 0 fully saturated rings. The molecule has 1 atom stereocenters. The summed E-state index contributed by atoms with van der Waals surface area (Å²) >= 11 is 0. The first-order chi connectivity index (χ1) is 29.0. The van der Waals surface area contributed by atoms with Crippen LogP contribution in [-0.2, 0) is 28.6 Å². The van der Waals surface area contributed by atoms with Gasteiger partial charge in [0.25, 0.3) is 0 Å². The summed E-state index contributed by atoms with van der Waals surface area (Å²) in [5.41, 5.74) is 0. The number of unbranched alkanes of at least 4 members (excludes halogenated alkanes) is 29. The van der Waals surface area contributed by atoms with E-state index in [4.69, 9.17) is 14.2 Å². The van der Waals surface area contributed by atoms with E-state index < -0.39 is 6.10 Å². The second-order valence-corrected chi connectivity index (χ2v) is 17.1. The van der Waals surface area contributed by atoms with Crippen molar-refractivity contribution in [2.75, 3.05) is 13.2 Å². The van der Waals surface area contributed by atoms with Crippen molar-refractivity contribution >= 4 is 17.9 Å². The third-order valence-electron chi connectivity index (χ3n) is 11.1. The lowest BCUT2D eigenvalue weighted by molar-refractivity contribution is -0.167. The first-order valence-electron chi connectivity index (χ1n) is 25.5. The summed E-state index contributed by atoms with van der Waals surface area (Å²) in [6.45, 7) is 6.59. The van der Waals surface area contributed by atoms with Crippen LogP contribution in [-0.4, -0.2) is 37.2 Å². The SMILES string of the molecule is CCCCC/C=C\C/C=C\CCCCCCCCCC(=O)OCC(COC(=O)CCCCCCCCCCCC)OC(=O)CCCCCCC/C=C\CCCCCCC. The first-order valence-corrected chi connectivity index (χ1v) is 25.5.